The maximum absolute atomic E-state index is 11.5. The molecular formula is C14H22O2. The van der Waals surface area contributed by atoms with Gasteiger partial charge in [-0.2, -0.15) is 0 Å². The predicted molar refractivity (Wildman–Crippen MR) is 66.0 cm³/mol. The molecule has 2 heteroatoms. The Balaban J connectivity index is 2.68. The molecule has 0 aromatic heterocycles. The quantitative estimate of drug-likeness (QED) is 0.537. The van der Waals surface area contributed by atoms with Crippen molar-refractivity contribution in [3.8, 4) is 0 Å². The number of carbonyl (C=O) groups is 1. The van der Waals surface area contributed by atoms with E-state index in [9.17, 15) is 4.79 Å². The molecule has 0 saturated heterocycles. The van der Waals surface area contributed by atoms with E-state index in [4.69, 9.17) is 4.74 Å². The van der Waals surface area contributed by atoms with Crippen molar-refractivity contribution < 1.29 is 9.53 Å². The van der Waals surface area contributed by atoms with Gasteiger partial charge in [0, 0.05) is 0 Å². The summed E-state index contributed by atoms with van der Waals surface area (Å²) >= 11 is 0. The zero-order valence-electron chi connectivity index (χ0n) is 10.6. The van der Waals surface area contributed by atoms with Crippen LogP contribution in [-0.2, 0) is 9.53 Å². The summed E-state index contributed by atoms with van der Waals surface area (Å²) in [5.41, 5.74) is 2.56. The van der Waals surface area contributed by atoms with Gasteiger partial charge >= 0.3 is 5.97 Å². The highest BCUT2D eigenvalue weighted by atomic mass is 16.5. The molecule has 2 nitrogen and oxygen atoms in total. The molecule has 0 aromatic rings. The minimum Gasteiger partial charge on any atom is -0.466 e. The molecule has 1 rings (SSSR count). The lowest BCUT2D eigenvalue weighted by Gasteiger charge is -2.29. The van der Waals surface area contributed by atoms with Crippen LogP contribution in [0.1, 0.15) is 40.0 Å². The lowest BCUT2D eigenvalue weighted by molar-refractivity contribution is -0.144. The second kappa shape index (κ2) is 5.88. The highest BCUT2D eigenvalue weighted by Gasteiger charge is 2.26. The third-order valence-electron chi connectivity index (χ3n) is 3.21. The molecule has 0 fully saturated rings. The maximum Gasteiger partial charge on any atom is 0.306 e. The van der Waals surface area contributed by atoms with E-state index in [1.807, 2.05) is 6.92 Å². The molecule has 16 heavy (non-hydrogen) atoms. The Bertz CT molecular complexity index is 302. The smallest absolute Gasteiger partial charge is 0.306 e. The molecule has 2 atom stereocenters. The first-order chi connectivity index (χ1) is 7.54. The van der Waals surface area contributed by atoms with Gasteiger partial charge in [0.2, 0.25) is 0 Å². The molecule has 0 unspecified atom stereocenters. The van der Waals surface area contributed by atoms with Crippen LogP contribution in [-0.4, -0.2) is 12.6 Å². The van der Waals surface area contributed by atoms with Crippen molar-refractivity contribution in [3.63, 3.8) is 0 Å². The van der Waals surface area contributed by atoms with Gasteiger partial charge in [-0.15, -0.1) is 0 Å². The molecule has 0 heterocycles. The van der Waals surface area contributed by atoms with E-state index in [1.165, 1.54) is 11.1 Å². The molecule has 0 saturated carbocycles. The van der Waals surface area contributed by atoms with Gasteiger partial charge in [-0.1, -0.05) is 23.8 Å². The summed E-state index contributed by atoms with van der Waals surface area (Å²) in [4.78, 5) is 11.5. The van der Waals surface area contributed by atoms with Crippen LogP contribution >= 0.6 is 0 Å². The average Bonchev–Trinajstić information content (AvgIpc) is 2.17. The van der Waals surface area contributed by atoms with E-state index in [-0.39, 0.29) is 11.9 Å². The minimum atomic E-state index is -0.0929. The molecule has 0 N–H and O–H groups in total. The van der Waals surface area contributed by atoms with Crippen LogP contribution in [0.3, 0.4) is 0 Å². The summed E-state index contributed by atoms with van der Waals surface area (Å²) in [6.45, 7) is 10.5. The number of allylic oxidation sites excluding steroid dienone is 3. The number of hydrogen-bond donors (Lipinski definition) is 0. The summed E-state index contributed by atoms with van der Waals surface area (Å²) in [6.07, 6.45) is 4.95. The second-order valence-corrected chi connectivity index (χ2v) is 4.68. The Labute approximate surface area is 98.4 Å². The molecule has 0 amide bonds. The number of hydrogen-bond acceptors (Lipinski definition) is 2. The van der Waals surface area contributed by atoms with E-state index in [0.29, 0.717) is 18.9 Å². The zero-order valence-corrected chi connectivity index (χ0v) is 10.6. The molecule has 0 aliphatic heterocycles. The molecular weight excluding hydrogens is 200 g/mol. The van der Waals surface area contributed by atoms with Crippen LogP contribution in [0.5, 0.6) is 0 Å². The SMILES string of the molecule is C=C(C)[C@@H]1CCC(C)=C[C@@H]1CC(=O)OCC. The third kappa shape index (κ3) is 3.51. The van der Waals surface area contributed by atoms with Crippen LogP contribution in [0, 0.1) is 11.8 Å². The van der Waals surface area contributed by atoms with Gasteiger partial charge in [0.05, 0.1) is 13.0 Å². The van der Waals surface area contributed by atoms with Crippen molar-refractivity contribution in [2.24, 2.45) is 11.8 Å². The number of esters is 1. The number of ether oxygens (including phenoxy) is 1. The highest BCUT2D eigenvalue weighted by molar-refractivity contribution is 5.70. The van der Waals surface area contributed by atoms with Crippen molar-refractivity contribution in [2.75, 3.05) is 6.61 Å². The Morgan fingerprint density at radius 3 is 2.88 bits per heavy atom. The summed E-state index contributed by atoms with van der Waals surface area (Å²) in [5, 5.41) is 0. The highest BCUT2D eigenvalue weighted by Crippen LogP contribution is 2.35. The van der Waals surface area contributed by atoms with Crippen molar-refractivity contribution in [3.05, 3.63) is 23.8 Å². The van der Waals surface area contributed by atoms with E-state index in [1.54, 1.807) is 0 Å². The lowest BCUT2D eigenvalue weighted by Crippen LogP contribution is -2.22. The second-order valence-electron chi connectivity index (χ2n) is 4.68. The van der Waals surface area contributed by atoms with Crippen molar-refractivity contribution >= 4 is 5.97 Å². The molecule has 0 bridgehead atoms. The van der Waals surface area contributed by atoms with E-state index < -0.39 is 0 Å². The Morgan fingerprint density at radius 2 is 2.31 bits per heavy atom. The normalized spacial score (nSPS) is 24.8. The van der Waals surface area contributed by atoms with E-state index >= 15 is 0 Å². The van der Waals surface area contributed by atoms with Crippen LogP contribution in [0.4, 0.5) is 0 Å². The predicted octanol–water partition coefficient (Wildman–Crippen LogP) is 3.49. The van der Waals surface area contributed by atoms with Gasteiger partial charge in [-0.05, 0) is 45.4 Å². The van der Waals surface area contributed by atoms with E-state index in [2.05, 4.69) is 26.5 Å². The molecule has 1 aliphatic carbocycles. The molecule has 90 valence electrons. The van der Waals surface area contributed by atoms with Crippen molar-refractivity contribution in [1.29, 1.82) is 0 Å². The number of carbonyl (C=O) groups excluding carboxylic acids is 1. The van der Waals surface area contributed by atoms with Gasteiger partial charge in [-0.3, -0.25) is 4.79 Å². The first kappa shape index (κ1) is 13.0. The fraction of sp³-hybridized carbons (Fsp3) is 0.643. The van der Waals surface area contributed by atoms with Gasteiger partial charge < -0.3 is 4.74 Å². The summed E-state index contributed by atoms with van der Waals surface area (Å²) < 4.78 is 5.01. The fourth-order valence-electron chi connectivity index (χ4n) is 2.39. The molecule has 1 aliphatic rings. The van der Waals surface area contributed by atoms with Crippen LogP contribution in [0.15, 0.2) is 23.8 Å². The van der Waals surface area contributed by atoms with Crippen molar-refractivity contribution in [2.45, 2.75) is 40.0 Å². The summed E-state index contributed by atoms with van der Waals surface area (Å²) in [7, 11) is 0. The van der Waals surface area contributed by atoms with Crippen LogP contribution < -0.4 is 0 Å². The van der Waals surface area contributed by atoms with Crippen LogP contribution in [0.2, 0.25) is 0 Å². The summed E-state index contributed by atoms with van der Waals surface area (Å²) in [6, 6.07) is 0. The Morgan fingerprint density at radius 1 is 1.62 bits per heavy atom. The fourth-order valence-corrected chi connectivity index (χ4v) is 2.39. The minimum absolute atomic E-state index is 0.0929. The largest absolute Gasteiger partial charge is 0.466 e. The maximum atomic E-state index is 11.5. The van der Waals surface area contributed by atoms with Crippen molar-refractivity contribution in [1.82, 2.24) is 0 Å². The summed E-state index contributed by atoms with van der Waals surface area (Å²) in [5.74, 6) is 0.628. The average molecular weight is 222 g/mol. The lowest BCUT2D eigenvalue weighted by atomic mass is 9.76. The van der Waals surface area contributed by atoms with Gasteiger partial charge in [-0.25, -0.2) is 0 Å². The monoisotopic (exact) mass is 222 g/mol. The van der Waals surface area contributed by atoms with Gasteiger partial charge in [0.25, 0.3) is 0 Å². The molecule has 0 radical (unpaired) electrons. The molecule has 0 aromatic carbocycles. The zero-order chi connectivity index (χ0) is 12.1. The van der Waals surface area contributed by atoms with Gasteiger partial charge in [0.15, 0.2) is 0 Å². The standard InChI is InChI=1S/C14H22O2/c1-5-16-14(15)9-12-8-11(4)6-7-13(12)10(2)3/h8,12-13H,2,5-7,9H2,1,3-4H3/t12-,13+/m1/s1. The number of rotatable bonds is 4. The first-order valence-electron chi connectivity index (χ1n) is 6.03. The third-order valence-corrected chi connectivity index (χ3v) is 3.21. The topological polar surface area (TPSA) is 26.3 Å². The van der Waals surface area contributed by atoms with E-state index in [0.717, 1.165) is 12.8 Å². The van der Waals surface area contributed by atoms with Crippen LogP contribution in [0.25, 0.3) is 0 Å². The van der Waals surface area contributed by atoms with Gasteiger partial charge in [0.1, 0.15) is 0 Å². The first-order valence-corrected chi connectivity index (χ1v) is 6.03. The Kier molecular flexibility index (Phi) is 4.78. The molecule has 0 spiro atoms. The Hall–Kier alpha value is -1.05.